The van der Waals surface area contributed by atoms with Crippen LogP contribution in [0.2, 0.25) is 0 Å². The highest BCUT2D eigenvalue weighted by atomic mass is 32.2. The fourth-order valence-corrected chi connectivity index (χ4v) is 3.77. The molecule has 1 fully saturated rings. The zero-order valence-corrected chi connectivity index (χ0v) is 13.5. The van der Waals surface area contributed by atoms with Gasteiger partial charge in [-0.3, -0.25) is 4.79 Å². The lowest BCUT2D eigenvalue weighted by Gasteiger charge is -2.31. The van der Waals surface area contributed by atoms with E-state index in [1.54, 1.807) is 6.07 Å². The molecule has 116 valence electrons. The van der Waals surface area contributed by atoms with Crippen LogP contribution in [-0.2, 0) is 4.79 Å². The molecular weight excluding hydrogens is 282 g/mol. The number of nitrogens with zero attached hydrogens (tertiary/aromatic N) is 1. The third-order valence-electron chi connectivity index (χ3n) is 3.79. The van der Waals surface area contributed by atoms with Crippen LogP contribution in [-0.4, -0.2) is 41.4 Å². The molecule has 21 heavy (non-hydrogen) atoms. The summed E-state index contributed by atoms with van der Waals surface area (Å²) in [5.41, 5.74) is 7.15. The smallest absolute Gasteiger partial charge is 0.224 e. The van der Waals surface area contributed by atoms with Crippen molar-refractivity contribution in [3.63, 3.8) is 0 Å². The summed E-state index contributed by atoms with van der Waals surface area (Å²) >= 11 is 2.08. The number of rotatable bonds is 6. The van der Waals surface area contributed by atoms with Gasteiger partial charge in [-0.2, -0.15) is 11.8 Å². The second-order valence-corrected chi connectivity index (χ2v) is 6.85. The van der Waals surface area contributed by atoms with Crippen LogP contribution in [0.3, 0.4) is 0 Å². The van der Waals surface area contributed by atoms with Crippen LogP contribution in [0.25, 0.3) is 0 Å². The molecule has 1 aliphatic heterocycles. The summed E-state index contributed by atoms with van der Waals surface area (Å²) in [5.74, 6) is 1.26. The van der Waals surface area contributed by atoms with E-state index in [9.17, 15) is 4.79 Å². The first-order valence-electron chi connectivity index (χ1n) is 7.67. The summed E-state index contributed by atoms with van der Waals surface area (Å²) in [5, 5.41) is 3.64. The monoisotopic (exact) mass is 307 g/mol. The maximum atomic E-state index is 11.9. The lowest BCUT2D eigenvalue weighted by atomic mass is 10.2. The average Bonchev–Trinajstić information content (AvgIpc) is 2.50. The number of nitrogen functional groups attached to an aromatic ring is 1. The molecule has 0 bridgehead atoms. The summed E-state index contributed by atoms with van der Waals surface area (Å²) in [6.45, 7) is 5.57. The van der Waals surface area contributed by atoms with Crippen molar-refractivity contribution in [2.45, 2.75) is 31.4 Å². The van der Waals surface area contributed by atoms with Crippen molar-refractivity contribution < 1.29 is 4.79 Å². The molecule has 3 N–H and O–H groups in total. The zero-order chi connectivity index (χ0) is 15.1. The van der Waals surface area contributed by atoms with Gasteiger partial charge < -0.3 is 16.0 Å². The third-order valence-corrected chi connectivity index (χ3v) is 5.16. The van der Waals surface area contributed by atoms with Gasteiger partial charge in [0.05, 0.1) is 11.4 Å². The van der Waals surface area contributed by atoms with Crippen molar-refractivity contribution in [3.8, 4) is 0 Å². The molecule has 1 atom stereocenters. The van der Waals surface area contributed by atoms with E-state index < -0.39 is 0 Å². The largest absolute Gasteiger partial charge is 0.397 e. The van der Waals surface area contributed by atoms with Gasteiger partial charge >= 0.3 is 0 Å². The third kappa shape index (κ3) is 5.25. The van der Waals surface area contributed by atoms with Crippen molar-refractivity contribution in [3.05, 3.63) is 24.3 Å². The standard InChI is InChI=1S/C16H25N3OS/c1-2-13-12-19(10-11-21-13)9-5-8-16(20)18-15-7-4-3-6-14(15)17/h3-4,6-7,13H,2,5,8-12,17H2,1H3,(H,18,20). The van der Waals surface area contributed by atoms with Gasteiger partial charge in [-0.25, -0.2) is 0 Å². The molecule has 0 aromatic heterocycles. The molecule has 5 heteroatoms. The van der Waals surface area contributed by atoms with Crippen LogP contribution in [0.4, 0.5) is 11.4 Å². The molecule has 1 aromatic rings. The van der Waals surface area contributed by atoms with Crippen LogP contribution in [0.5, 0.6) is 0 Å². The van der Waals surface area contributed by atoms with Crippen LogP contribution in [0.1, 0.15) is 26.2 Å². The SMILES string of the molecule is CCC1CN(CCCC(=O)Nc2ccccc2N)CCS1. The Morgan fingerprint density at radius 3 is 3.05 bits per heavy atom. The van der Waals surface area contributed by atoms with E-state index in [1.165, 1.54) is 12.2 Å². The Hall–Kier alpha value is -1.20. The first-order chi connectivity index (χ1) is 10.2. The van der Waals surface area contributed by atoms with Gasteiger partial charge in [0.25, 0.3) is 0 Å². The minimum atomic E-state index is 0.0475. The number of nitrogens with one attached hydrogen (secondary N) is 1. The topological polar surface area (TPSA) is 58.4 Å². The summed E-state index contributed by atoms with van der Waals surface area (Å²) < 4.78 is 0. The number of carbonyl (C=O) groups is 1. The maximum absolute atomic E-state index is 11.9. The van der Waals surface area contributed by atoms with Gasteiger partial charge in [-0.15, -0.1) is 0 Å². The molecule has 0 aliphatic carbocycles. The molecule has 2 rings (SSSR count). The molecule has 0 spiro atoms. The summed E-state index contributed by atoms with van der Waals surface area (Å²) in [4.78, 5) is 14.4. The van der Waals surface area contributed by atoms with Crippen LogP contribution in [0.15, 0.2) is 24.3 Å². The van der Waals surface area contributed by atoms with E-state index in [4.69, 9.17) is 5.73 Å². The maximum Gasteiger partial charge on any atom is 0.224 e. The fraction of sp³-hybridized carbons (Fsp3) is 0.562. The Kier molecular flexibility index (Phi) is 6.39. The predicted octanol–water partition coefficient (Wildman–Crippen LogP) is 2.81. The number of anilines is 2. The van der Waals surface area contributed by atoms with Crippen molar-refractivity contribution in [2.75, 3.05) is 36.4 Å². The second kappa shape index (κ2) is 8.29. The molecule has 4 nitrogen and oxygen atoms in total. The Morgan fingerprint density at radius 1 is 1.48 bits per heavy atom. The van der Waals surface area contributed by atoms with E-state index in [0.717, 1.165) is 31.3 Å². The van der Waals surface area contributed by atoms with Crippen molar-refractivity contribution >= 4 is 29.0 Å². The van der Waals surface area contributed by atoms with Crippen LogP contribution >= 0.6 is 11.8 Å². The van der Waals surface area contributed by atoms with Crippen molar-refractivity contribution in [1.82, 2.24) is 4.90 Å². The highest BCUT2D eigenvalue weighted by Gasteiger charge is 2.18. The highest BCUT2D eigenvalue weighted by Crippen LogP contribution is 2.21. The summed E-state index contributed by atoms with van der Waals surface area (Å²) in [7, 11) is 0. The lowest BCUT2D eigenvalue weighted by Crippen LogP contribution is -2.38. The molecule has 1 aliphatic rings. The molecule has 1 unspecified atom stereocenters. The molecule has 0 radical (unpaired) electrons. The Bertz CT molecular complexity index is 467. The quantitative estimate of drug-likeness (QED) is 0.794. The predicted molar refractivity (Wildman–Crippen MR) is 91.7 cm³/mol. The number of thioether (sulfide) groups is 1. The van der Waals surface area contributed by atoms with E-state index in [2.05, 4.69) is 28.9 Å². The first-order valence-corrected chi connectivity index (χ1v) is 8.72. The minimum Gasteiger partial charge on any atom is -0.397 e. The van der Waals surface area contributed by atoms with Gasteiger partial charge in [0.1, 0.15) is 0 Å². The van der Waals surface area contributed by atoms with Gasteiger partial charge in [0.15, 0.2) is 0 Å². The van der Waals surface area contributed by atoms with Gasteiger partial charge in [0, 0.05) is 30.5 Å². The zero-order valence-electron chi connectivity index (χ0n) is 12.7. The van der Waals surface area contributed by atoms with E-state index in [-0.39, 0.29) is 5.91 Å². The molecule has 1 amide bonds. The Balaban J connectivity index is 1.69. The van der Waals surface area contributed by atoms with Gasteiger partial charge in [-0.1, -0.05) is 19.1 Å². The summed E-state index contributed by atoms with van der Waals surface area (Å²) in [6, 6.07) is 7.37. The molecule has 0 saturated carbocycles. The normalized spacial score (nSPS) is 19.4. The average molecular weight is 307 g/mol. The number of hydrogen-bond acceptors (Lipinski definition) is 4. The Morgan fingerprint density at radius 2 is 2.29 bits per heavy atom. The number of nitrogens with two attached hydrogens (primary N) is 1. The van der Waals surface area contributed by atoms with Gasteiger partial charge in [0.2, 0.25) is 5.91 Å². The number of amides is 1. The number of para-hydroxylation sites is 2. The van der Waals surface area contributed by atoms with Crippen molar-refractivity contribution in [2.24, 2.45) is 0 Å². The number of hydrogen-bond donors (Lipinski definition) is 2. The molecule has 1 saturated heterocycles. The molecule has 1 heterocycles. The van der Waals surface area contributed by atoms with Gasteiger partial charge in [-0.05, 0) is 31.5 Å². The minimum absolute atomic E-state index is 0.0475. The van der Waals surface area contributed by atoms with E-state index in [0.29, 0.717) is 17.8 Å². The fourth-order valence-electron chi connectivity index (χ4n) is 2.52. The lowest BCUT2D eigenvalue weighted by molar-refractivity contribution is -0.116. The molecular formula is C16H25N3OS. The molecule has 1 aromatic carbocycles. The number of carbonyl (C=O) groups excluding carboxylic acids is 1. The van der Waals surface area contributed by atoms with E-state index in [1.807, 2.05) is 18.2 Å². The number of benzene rings is 1. The van der Waals surface area contributed by atoms with E-state index >= 15 is 0 Å². The Labute approximate surface area is 131 Å². The first kappa shape index (κ1) is 16.2. The van der Waals surface area contributed by atoms with Crippen LogP contribution < -0.4 is 11.1 Å². The summed E-state index contributed by atoms with van der Waals surface area (Å²) in [6.07, 6.45) is 2.68. The van der Waals surface area contributed by atoms with Crippen LogP contribution in [0, 0.1) is 0 Å². The van der Waals surface area contributed by atoms with Crippen molar-refractivity contribution in [1.29, 1.82) is 0 Å². The highest BCUT2D eigenvalue weighted by molar-refractivity contribution is 8.00. The second-order valence-electron chi connectivity index (χ2n) is 5.44.